The van der Waals surface area contributed by atoms with Crippen LogP contribution < -0.4 is 0 Å². The third-order valence-corrected chi connectivity index (χ3v) is 6.07. The zero-order chi connectivity index (χ0) is 17.2. The molecule has 3 aliphatic rings. The Bertz CT molecular complexity index is 578. The molecule has 1 aliphatic heterocycles. The van der Waals surface area contributed by atoms with E-state index in [9.17, 15) is 4.79 Å². The highest BCUT2D eigenvalue weighted by Gasteiger charge is 2.43. The molecule has 4 nitrogen and oxygen atoms in total. The summed E-state index contributed by atoms with van der Waals surface area (Å²) in [5, 5.41) is 0. The number of ether oxygens (including phenoxy) is 1. The Balaban J connectivity index is 1.70. The maximum atomic E-state index is 12.5. The average molecular weight is 330 g/mol. The van der Waals surface area contributed by atoms with Gasteiger partial charge in [-0.3, -0.25) is 9.79 Å². The number of fused-ring (bicyclic) bond motifs is 1. The molecular weight excluding hydrogens is 300 g/mol. The van der Waals surface area contributed by atoms with Crippen LogP contribution in [0.2, 0.25) is 0 Å². The summed E-state index contributed by atoms with van der Waals surface area (Å²) in [6.07, 6.45) is 13.9. The van der Waals surface area contributed by atoms with Crippen LogP contribution in [0.5, 0.6) is 0 Å². The Morgan fingerprint density at radius 3 is 2.92 bits per heavy atom. The van der Waals surface area contributed by atoms with Gasteiger partial charge in [-0.05, 0) is 37.3 Å². The standard InChI is InChI=1S/C20H30N2O2/c1-15-5-4-6-16(8-7-15)11-12-22-19(23)14-21-18-10-9-17(24-3)13-20(18,22)2/h9-10,14-16H,4-8,11-13H2,1-3H3. The van der Waals surface area contributed by atoms with Gasteiger partial charge in [0.2, 0.25) is 0 Å². The van der Waals surface area contributed by atoms with E-state index in [1.165, 1.54) is 38.3 Å². The molecule has 132 valence electrons. The van der Waals surface area contributed by atoms with Crippen molar-refractivity contribution in [2.75, 3.05) is 13.7 Å². The number of carbonyl (C=O) groups is 1. The zero-order valence-corrected chi connectivity index (χ0v) is 15.3. The van der Waals surface area contributed by atoms with Crippen molar-refractivity contribution in [1.82, 2.24) is 4.90 Å². The lowest BCUT2D eigenvalue weighted by Gasteiger charge is -2.45. The molecule has 0 N–H and O–H groups in total. The quantitative estimate of drug-likeness (QED) is 0.729. The lowest BCUT2D eigenvalue weighted by atomic mass is 9.84. The molecule has 1 heterocycles. The minimum atomic E-state index is -0.371. The van der Waals surface area contributed by atoms with Crippen molar-refractivity contribution in [2.45, 2.75) is 64.3 Å². The Kier molecular flexibility index (Phi) is 5.12. The van der Waals surface area contributed by atoms with Crippen LogP contribution in [-0.2, 0) is 9.53 Å². The highest BCUT2D eigenvalue weighted by Crippen LogP contribution is 2.38. The van der Waals surface area contributed by atoms with E-state index in [2.05, 4.69) is 18.8 Å². The summed E-state index contributed by atoms with van der Waals surface area (Å²) in [5.74, 6) is 2.56. The van der Waals surface area contributed by atoms with Crippen LogP contribution in [0.15, 0.2) is 28.6 Å². The summed E-state index contributed by atoms with van der Waals surface area (Å²) in [7, 11) is 1.69. The van der Waals surface area contributed by atoms with Gasteiger partial charge < -0.3 is 9.64 Å². The highest BCUT2D eigenvalue weighted by atomic mass is 16.5. The molecule has 24 heavy (non-hydrogen) atoms. The number of aliphatic imine (C=N–C) groups is 1. The van der Waals surface area contributed by atoms with Gasteiger partial charge in [0.1, 0.15) is 0 Å². The van der Waals surface area contributed by atoms with Crippen molar-refractivity contribution in [3.05, 3.63) is 23.6 Å². The minimum absolute atomic E-state index is 0.0361. The maximum absolute atomic E-state index is 12.5. The van der Waals surface area contributed by atoms with E-state index in [-0.39, 0.29) is 11.4 Å². The molecule has 0 radical (unpaired) electrons. The Hall–Kier alpha value is -1.58. The lowest BCUT2D eigenvalue weighted by molar-refractivity contribution is -0.129. The fourth-order valence-electron chi connectivity index (χ4n) is 4.36. The molecular formula is C20H30N2O2. The molecule has 4 heteroatoms. The molecule has 0 aromatic heterocycles. The van der Waals surface area contributed by atoms with Crippen LogP contribution >= 0.6 is 0 Å². The van der Waals surface area contributed by atoms with Crippen LogP contribution in [-0.4, -0.2) is 36.2 Å². The van der Waals surface area contributed by atoms with Crippen molar-refractivity contribution in [1.29, 1.82) is 0 Å². The van der Waals surface area contributed by atoms with Crippen LogP contribution in [0.25, 0.3) is 0 Å². The summed E-state index contributed by atoms with van der Waals surface area (Å²) in [6.45, 7) is 5.30. The smallest absolute Gasteiger partial charge is 0.265 e. The van der Waals surface area contributed by atoms with Crippen LogP contribution in [0, 0.1) is 11.8 Å². The van der Waals surface area contributed by atoms with Crippen molar-refractivity contribution < 1.29 is 9.53 Å². The predicted octanol–water partition coefficient (Wildman–Crippen LogP) is 4.08. The molecule has 0 spiro atoms. The normalized spacial score (nSPS) is 33.5. The summed E-state index contributed by atoms with van der Waals surface area (Å²) in [5.41, 5.74) is 0.599. The number of carbonyl (C=O) groups excluding carboxylic acids is 1. The van der Waals surface area contributed by atoms with Gasteiger partial charge in [0.15, 0.2) is 0 Å². The van der Waals surface area contributed by atoms with Gasteiger partial charge >= 0.3 is 0 Å². The second-order valence-corrected chi connectivity index (χ2v) is 7.86. The Morgan fingerprint density at radius 2 is 2.12 bits per heavy atom. The number of hydrogen-bond donors (Lipinski definition) is 0. The molecule has 3 rings (SSSR count). The number of allylic oxidation sites excluding steroid dienone is 2. The van der Waals surface area contributed by atoms with E-state index < -0.39 is 0 Å². The second kappa shape index (κ2) is 7.12. The first-order valence-corrected chi connectivity index (χ1v) is 9.34. The SMILES string of the molecule is COC1=CC=C2N=CC(=O)N(CCC3CCCC(C)CC3)C2(C)C1. The summed E-state index contributed by atoms with van der Waals surface area (Å²) in [6, 6.07) is 0. The fraction of sp³-hybridized carbons (Fsp3) is 0.700. The van der Waals surface area contributed by atoms with E-state index >= 15 is 0 Å². The van der Waals surface area contributed by atoms with Crippen molar-refractivity contribution in [3.8, 4) is 0 Å². The van der Waals surface area contributed by atoms with Gasteiger partial charge in [0, 0.05) is 13.0 Å². The fourth-order valence-corrected chi connectivity index (χ4v) is 4.36. The number of methoxy groups -OCH3 is 1. The molecule has 0 aromatic carbocycles. The first kappa shape index (κ1) is 17.2. The van der Waals surface area contributed by atoms with Crippen molar-refractivity contribution >= 4 is 12.1 Å². The third-order valence-electron chi connectivity index (χ3n) is 6.07. The predicted molar refractivity (Wildman–Crippen MR) is 96.8 cm³/mol. The van der Waals surface area contributed by atoms with Crippen LogP contribution in [0.4, 0.5) is 0 Å². The van der Waals surface area contributed by atoms with E-state index in [0.29, 0.717) is 6.42 Å². The molecule has 1 amide bonds. The molecule has 0 bridgehead atoms. The molecule has 1 fully saturated rings. The monoisotopic (exact) mass is 330 g/mol. The molecule has 0 aromatic rings. The van der Waals surface area contributed by atoms with Gasteiger partial charge in [-0.2, -0.15) is 0 Å². The second-order valence-electron chi connectivity index (χ2n) is 7.86. The average Bonchev–Trinajstić information content (AvgIpc) is 2.77. The van der Waals surface area contributed by atoms with Crippen LogP contribution in [0.3, 0.4) is 0 Å². The topological polar surface area (TPSA) is 41.9 Å². The van der Waals surface area contributed by atoms with E-state index in [4.69, 9.17) is 4.74 Å². The third kappa shape index (κ3) is 3.42. The summed E-state index contributed by atoms with van der Waals surface area (Å²) < 4.78 is 5.44. The summed E-state index contributed by atoms with van der Waals surface area (Å²) in [4.78, 5) is 18.9. The van der Waals surface area contributed by atoms with Crippen molar-refractivity contribution in [3.63, 3.8) is 0 Å². The first-order chi connectivity index (χ1) is 11.5. The van der Waals surface area contributed by atoms with E-state index in [0.717, 1.165) is 36.3 Å². The molecule has 0 saturated heterocycles. The lowest BCUT2D eigenvalue weighted by Crippen LogP contribution is -2.55. The number of nitrogens with zero attached hydrogens (tertiary/aromatic N) is 2. The minimum Gasteiger partial charge on any atom is -0.501 e. The van der Waals surface area contributed by atoms with Gasteiger partial charge in [-0.1, -0.05) is 39.0 Å². The van der Waals surface area contributed by atoms with E-state index in [1.807, 2.05) is 17.1 Å². The number of hydrogen-bond acceptors (Lipinski definition) is 3. The first-order valence-electron chi connectivity index (χ1n) is 9.34. The molecule has 1 saturated carbocycles. The zero-order valence-electron chi connectivity index (χ0n) is 15.3. The van der Waals surface area contributed by atoms with E-state index in [1.54, 1.807) is 7.11 Å². The number of amides is 1. The highest BCUT2D eigenvalue weighted by molar-refractivity contribution is 6.27. The van der Waals surface area contributed by atoms with Gasteiger partial charge in [-0.25, -0.2) is 0 Å². The largest absolute Gasteiger partial charge is 0.501 e. The Labute approximate surface area is 145 Å². The maximum Gasteiger partial charge on any atom is 0.265 e. The Morgan fingerprint density at radius 1 is 1.29 bits per heavy atom. The van der Waals surface area contributed by atoms with Crippen LogP contribution in [0.1, 0.15) is 58.8 Å². The van der Waals surface area contributed by atoms with Gasteiger partial charge in [0.25, 0.3) is 5.91 Å². The molecule has 3 atom stereocenters. The molecule has 3 unspecified atom stereocenters. The van der Waals surface area contributed by atoms with Crippen molar-refractivity contribution in [2.24, 2.45) is 16.8 Å². The van der Waals surface area contributed by atoms with Gasteiger partial charge in [-0.15, -0.1) is 0 Å². The molecule has 2 aliphatic carbocycles. The number of rotatable bonds is 4. The summed E-state index contributed by atoms with van der Waals surface area (Å²) >= 11 is 0. The van der Waals surface area contributed by atoms with Gasteiger partial charge in [0.05, 0.1) is 30.3 Å².